The third-order valence-corrected chi connectivity index (χ3v) is 3.26. The maximum absolute atomic E-state index is 11.3. The number of rotatable bonds is 7. The molecule has 0 aromatic heterocycles. The lowest BCUT2D eigenvalue weighted by atomic mass is 9.86. The first-order valence-corrected chi connectivity index (χ1v) is 6.04. The molecule has 0 aliphatic rings. The van der Waals surface area contributed by atoms with Crippen molar-refractivity contribution in [3.05, 3.63) is 0 Å². The molecule has 1 N–H and O–H groups in total. The van der Waals surface area contributed by atoms with Crippen LogP contribution in [0.15, 0.2) is 0 Å². The Kier molecular flexibility index (Phi) is 6.40. The van der Waals surface area contributed by atoms with Gasteiger partial charge >= 0.3 is 11.9 Å². The van der Waals surface area contributed by atoms with E-state index in [1.165, 1.54) is 14.0 Å². The molecule has 0 amide bonds. The molecule has 1 atom stereocenters. The van der Waals surface area contributed by atoms with Crippen LogP contribution in [0.1, 0.15) is 26.7 Å². The maximum atomic E-state index is 11.3. The van der Waals surface area contributed by atoms with Crippen molar-refractivity contribution in [1.29, 1.82) is 0 Å². The molecule has 0 heterocycles. The summed E-state index contributed by atoms with van der Waals surface area (Å²) in [6.45, 7) is 3.46. The number of carbonyl (C=O) groups excluding carboxylic acids is 1. The maximum Gasteiger partial charge on any atom is 0.322 e. The minimum absolute atomic E-state index is 0.321. The lowest BCUT2D eigenvalue weighted by Gasteiger charge is -2.21. The van der Waals surface area contributed by atoms with Crippen LogP contribution >= 0.6 is 11.8 Å². The largest absolute Gasteiger partial charge is 0.480 e. The van der Waals surface area contributed by atoms with E-state index in [9.17, 15) is 9.59 Å². The lowest BCUT2D eigenvalue weighted by Crippen LogP contribution is -2.37. The van der Waals surface area contributed by atoms with Crippen LogP contribution < -0.4 is 0 Å². The number of carbonyl (C=O) groups is 2. The summed E-state index contributed by atoms with van der Waals surface area (Å²) in [5.41, 5.74) is -1.40. The van der Waals surface area contributed by atoms with Gasteiger partial charge in [-0.15, -0.1) is 0 Å². The molecule has 0 bridgehead atoms. The Balaban J connectivity index is 4.27. The van der Waals surface area contributed by atoms with Gasteiger partial charge in [-0.05, 0) is 31.3 Å². The highest BCUT2D eigenvalue weighted by molar-refractivity contribution is 7.99. The molecule has 0 saturated carbocycles. The first-order valence-electron chi connectivity index (χ1n) is 4.88. The van der Waals surface area contributed by atoms with E-state index in [2.05, 4.69) is 4.74 Å². The highest BCUT2D eigenvalue weighted by Gasteiger charge is 2.41. The number of carboxylic acids is 1. The van der Waals surface area contributed by atoms with E-state index in [4.69, 9.17) is 5.11 Å². The fourth-order valence-electron chi connectivity index (χ4n) is 1.19. The third kappa shape index (κ3) is 4.11. The number of thioether (sulfide) groups is 1. The molecule has 0 rings (SSSR count). The number of ether oxygens (including phenoxy) is 1. The van der Waals surface area contributed by atoms with Crippen LogP contribution in [0.3, 0.4) is 0 Å². The van der Waals surface area contributed by atoms with E-state index in [1.54, 1.807) is 11.8 Å². The molecule has 1 unspecified atom stereocenters. The van der Waals surface area contributed by atoms with Crippen molar-refractivity contribution in [1.82, 2.24) is 0 Å². The van der Waals surface area contributed by atoms with Gasteiger partial charge in [0.2, 0.25) is 0 Å². The zero-order chi connectivity index (χ0) is 11.9. The van der Waals surface area contributed by atoms with Gasteiger partial charge < -0.3 is 9.84 Å². The monoisotopic (exact) mass is 234 g/mol. The molecule has 15 heavy (non-hydrogen) atoms. The lowest BCUT2D eigenvalue weighted by molar-refractivity contribution is -0.166. The molecule has 0 saturated heterocycles. The predicted octanol–water partition coefficient (Wildman–Crippen LogP) is 1.78. The van der Waals surface area contributed by atoms with Crippen LogP contribution in [-0.2, 0) is 14.3 Å². The summed E-state index contributed by atoms with van der Waals surface area (Å²) in [7, 11) is 1.21. The number of esters is 1. The topological polar surface area (TPSA) is 63.6 Å². The van der Waals surface area contributed by atoms with Crippen LogP contribution in [0.2, 0.25) is 0 Å². The van der Waals surface area contributed by atoms with E-state index in [-0.39, 0.29) is 0 Å². The van der Waals surface area contributed by atoms with E-state index >= 15 is 0 Å². The number of aliphatic carboxylic acids is 1. The summed E-state index contributed by atoms with van der Waals surface area (Å²) < 4.78 is 4.51. The van der Waals surface area contributed by atoms with Gasteiger partial charge in [0.15, 0.2) is 5.41 Å². The summed E-state index contributed by atoms with van der Waals surface area (Å²) in [5.74, 6) is 0.0885. The number of carboxylic acid groups (broad SMARTS) is 1. The summed E-state index contributed by atoms with van der Waals surface area (Å²) >= 11 is 1.73. The summed E-state index contributed by atoms with van der Waals surface area (Å²) in [6, 6.07) is 0. The van der Waals surface area contributed by atoms with Crippen LogP contribution in [0.4, 0.5) is 0 Å². The zero-order valence-corrected chi connectivity index (χ0v) is 10.2. The summed E-state index contributed by atoms with van der Waals surface area (Å²) in [6.07, 6.45) is 1.03. The molecule has 0 aliphatic heterocycles. The van der Waals surface area contributed by atoms with Crippen LogP contribution in [0.5, 0.6) is 0 Å². The first kappa shape index (κ1) is 14.3. The van der Waals surface area contributed by atoms with Gasteiger partial charge in [0, 0.05) is 0 Å². The zero-order valence-electron chi connectivity index (χ0n) is 9.41. The molecular formula is C10H18O4S. The second-order valence-electron chi connectivity index (χ2n) is 3.43. The number of methoxy groups -OCH3 is 1. The normalized spacial score (nSPS) is 14.3. The Hall–Kier alpha value is -0.710. The van der Waals surface area contributed by atoms with Crippen molar-refractivity contribution < 1.29 is 19.4 Å². The molecular weight excluding hydrogens is 216 g/mol. The van der Waals surface area contributed by atoms with Gasteiger partial charge in [-0.2, -0.15) is 11.8 Å². The molecule has 0 aliphatic carbocycles. The van der Waals surface area contributed by atoms with Gasteiger partial charge in [0.1, 0.15) is 0 Å². The molecule has 0 spiro atoms. The smallest absolute Gasteiger partial charge is 0.322 e. The molecule has 88 valence electrons. The second-order valence-corrected chi connectivity index (χ2v) is 4.82. The molecule has 4 nitrogen and oxygen atoms in total. The van der Waals surface area contributed by atoms with Crippen molar-refractivity contribution in [2.75, 3.05) is 18.6 Å². The van der Waals surface area contributed by atoms with Crippen LogP contribution in [-0.4, -0.2) is 35.7 Å². The average Bonchev–Trinajstić information content (AvgIpc) is 2.22. The first-order chi connectivity index (χ1) is 6.99. The molecule has 5 heteroatoms. The standard InChI is InChI=1S/C10H18O4S/c1-4-15-7-5-6-10(2,8(11)12)9(13)14-3/h4-7H2,1-3H3,(H,11,12). The highest BCUT2D eigenvalue weighted by Crippen LogP contribution is 2.26. The minimum atomic E-state index is -1.40. The fraction of sp³-hybridized carbons (Fsp3) is 0.800. The van der Waals surface area contributed by atoms with Crippen LogP contribution in [0, 0.1) is 5.41 Å². The molecule has 0 aromatic rings. The Morgan fingerprint density at radius 3 is 2.47 bits per heavy atom. The van der Waals surface area contributed by atoms with E-state index in [1.807, 2.05) is 6.92 Å². The highest BCUT2D eigenvalue weighted by atomic mass is 32.2. The quantitative estimate of drug-likeness (QED) is 0.413. The molecule has 0 radical (unpaired) electrons. The second kappa shape index (κ2) is 6.71. The predicted molar refractivity (Wildman–Crippen MR) is 60.0 cm³/mol. The van der Waals surface area contributed by atoms with Gasteiger partial charge in [0.25, 0.3) is 0 Å². The van der Waals surface area contributed by atoms with E-state index < -0.39 is 17.4 Å². The van der Waals surface area contributed by atoms with E-state index in [0.717, 1.165) is 11.5 Å². The van der Waals surface area contributed by atoms with Crippen molar-refractivity contribution in [3.8, 4) is 0 Å². The number of hydrogen-bond donors (Lipinski definition) is 1. The van der Waals surface area contributed by atoms with Gasteiger partial charge in [0.05, 0.1) is 7.11 Å². The van der Waals surface area contributed by atoms with Crippen molar-refractivity contribution in [2.45, 2.75) is 26.7 Å². The SMILES string of the molecule is CCSCCCC(C)(C(=O)O)C(=O)OC. The minimum Gasteiger partial charge on any atom is -0.480 e. The Labute approximate surface area is 94.4 Å². The summed E-state index contributed by atoms with van der Waals surface area (Å²) in [4.78, 5) is 22.3. The number of hydrogen-bond acceptors (Lipinski definition) is 4. The Morgan fingerprint density at radius 1 is 1.47 bits per heavy atom. The van der Waals surface area contributed by atoms with Gasteiger partial charge in [-0.25, -0.2) is 0 Å². The Morgan fingerprint density at radius 2 is 2.07 bits per heavy atom. The van der Waals surface area contributed by atoms with Crippen molar-refractivity contribution in [2.24, 2.45) is 5.41 Å². The van der Waals surface area contributed by atoms with E-state index in [0.29, 0.717) is 12.8 Å². The fourth-order valence-corrected chi connectivity index (χ4v) is 1.83. The average molecular weight is 234 g/mol. The van der Waals surface area contributed by atoms with Crippen LogP contribution in [0.25, 0.3) is 0 Å². The van der Waals surface area contributed by atoms with Gasteiger partial charge in [-0.3, -0.25) is 9.59 Å². The third-order valence-electron chi connectivity index (χ3n) is 2.28. The van der Waals surface area contributed by atoms with Crippen molar-refractivity contribution >= 4 is 23.7 Å². The molecule has 0 fully saturated rings. The van der Waals surface area contributed by atoms with Gasteiger partial charge in [-0.1, -0.05) is 6.92 Å². The molecule has 0 aromatic carbocycles. The van der Waals surface area contributed by atoms with Crippen molar-refractivity contribution in [3.63, 3.8) is 0 Å². The summed E-state index contributed by atoms with van der Waals surface area (Å²) in [5, 5.41) is 8.98. The Bertz CT molecular complexity index is 229.